The van der Waals surface area contributed by atoms with E-state index < -0.39 is 20.0 Å². The van der Waals surface area contributed by atoms with Crippen molar-refractivity contribution in [3.63, 3.8) is 0 Å². The molecule has 0 saturated carbocycles. The van der Waals surface area contributed by atoms with Gasteiger partial charge < -0.3 is 9.47 Å². The fraction of sp³-hybridized carbons (Fsp3) is 0.400. The van der Waals surface area contributed by atoms with Gasteiger partial charge in [-0.05, 0) is 49.2 Å². The summed E-state index contributed by atoms with van der Waals surface area (Å²) in [6.07, 6.45) is 3.75. The van der Waals surface area contributed by atoms with Gasteiger partial charge in [0.05, 0.1) is 19.1 Å². The molecular weight excluding hydrogens is 428 g/mol. The van der Waals surface area contributed by atoms with E-state index in [1.54, 1.807) is 6.07 Å². The molecule has 2 aromatic carbocycles. The van der Waals surface area contributed by atoms with Gasteiger partial charge in [0, 0.05) is 24.8 Å². The zero-order chi connectivity index (χ0) is 21.8. The molecule has 0 amide bonds. The smallest absolute Gasteiger partial charge is 0.265 e. The molecule has 0 spiro atoms. The number of nitrogens with zero attached hydrogens (tertiary/aromatic N) is 1. The van der Waals surface area contributed by atoms with Crippen molar-refractivity contribution in [1.29, 1.82) is 0 Å². The number of methoxy groups -OCH3 is 2. The molecule has 0 aliphatic carbocycles. The Morgan fingerprint density at radius 3 is 2.03 bits per heavy atom. The van der Waals surface area contributed by atoms with Crippen LogP contribution in [0.2, 0.25) is 0 Å². The molecule has 0 aromatic heterocycles. The quantitative estimate of drug-likeness (QED) is 0.690. The first kappa shape index (κ1) is 22.4. The lowest BCUT2D eigenvalue weighted by Gasteiger charge is -2.20. The Balaban J connectivity index is 1.83. The first-order valence-corrected chi connectivity index (χ1v) is 12.6. The number of ether oxygens (including phenoxy) is 2. The van der Waals surface area contributed by atoms with E-state index in [9.17, 15) is 16.8 Å². The molecule has 1 saturated heterocycles. The fourth-order valence-corrected chi connectivity index (χ4v) is 6.09. The second-order valence-electron chi connectivity index (χ2n) is 6.96. The number of hydrogen-bond acceptors (Lipinski definition) is 6. The lowest BCUT2D eigenvalue weighted by Crippen LogP contribution is -2.31. The topological polar surface area (TPSA) is 102 Å². The molecule has 3 rings (SSSR count). The summed E-state index contributed by atoms with van der Waals surface area (Å²) >= 11 is 0. The summed E-state index contributed by atoms with van der Waals surface area (Å²) in [6.45, 7) is 1.01. The minimum absolute atomic E-state index is 0.0781. The Labute approximate surface area is 177 Å². The molecule has 0 radical (unpaired) electrons. The normalized spacial score (nSPS) is 15.9. The van der Waals surface area contributed by atoms with E-state index in [4.69, 9.17) is 9.47 Å². The molecule has 0 unspecified atom stereocenters. The van der Waals surface area contributed by atoms with Crippen LogP contribution in [0.25, 0.3) is 0 Å². The van der Waals surface area contributed by atoms with E-state index in [0.29, 0.717) is 18.8 Å². The van der Waals surface area contributed by atoms with Crippen LogP contribution < -0.4 is 14.2 Å². The maximum absolute atomic E-state index is 12.9. The third kappa shape index (κ3) is 4.88. The van der Waals surface area contributed by atoms with Crippen molar-refractivity contribution in [3.8, 4) is 11.5 Å². The highest BCUT2D eigenvalue weighted by molar-refractivity contribution is 7.92. The lowest BCUT2D eigenvalue weighted by molar-refractivity contribution is 0.392. The molecule has 2 aromatic rings. The van der Waals surface area contributed by atoms with Gasteiger partial charge >= 0.3 is 0 Å². The summed E-state index contributed by atoms with van der Waals surface area (Å²) in [5.41, 5.74) is 0.245. The molecule has 164 valence electrons. The molecule has 1 aliphatic heterocycles. The predicted molar refractivity (Wildman–Crippen MR) is 114 cm³/mol. The molecule has 0 atom stereocenters. The van der Waals surface area contributed by atoms with E-state index in [2.05, 4.69) is 4.72 Å². The van der Waals surface area contributed by atoms with E-state index >= 15 is 0 Å². The van der Waals surface area contributed by atoms with Gasteiger partial charge in [-0.3, -0.25) is 4.72 Å². The van der Waals surface area contributed by atoms with Gasteiger partial charge in [0.2, 0.25) is 10.0 Å². The molecular formula is C20H26N2O6S2. The van der Waals surface area contributed by atoms with Gasteiger partial charge in [-0.25, -0.2) is 16.8 Å². The lowest BCUT2D eigenvalue weighted by atomic mass is 10.2. The number of rotatable bonds is 7. The van der Waals surface area contributed by atoms with Crippen molar-refractivity contribution >= 4 is 25.7 Å². The molecule has 1 heterocycles. The van der Waals surface area contributed by atoms with E-state index in [-0.39, 0.29) is 21.2 Å². The number of benzene rings is 2. The summed E-state index contributed by atoms with van der Waals surface area (Å²) in [7, 11) is -4.76. The van der Waals surface area contributed by atoms with Crippen molar-refractivity contribution in [3.05, 3.63) is 42.5 Å². The van der Waals surface area contributed by atoms with Gasteiger partial charge in [-0.15, -0.1) is 0 Å². The zero-order valence-electron chi connectivity index (χ0n) is 17.0. The second-order valence-corrected chi connectivity index (χ2v) is 10.6. The first-order valence-electron chi connectivity index (χ1n) is 9.63. The fourth-order valence-electron chi connectivity index (χ4n) is 3.33. The molecule has 0 bridgehead atoms. The van der Waals surface area contributed by atoms with Crippen LogP contribution in [0.3, 0.4) is 0 Å². The van der Waals surface area contributed by atoms with Gasteiger partial charge in [0.1, 0.15) is 16.4 Å². The van der Waals surface area contributed by atoms with Crippen molar-refractivity contribution in [2.75, 3.05) is 32.0 Å². The molecule has 30 heavy (non-hydrogen) atoms. The van der Waals surface area contributed by atoms with Crippen LogP contribution in [0.5, 0.6) is 11.5 Å². The van der Waals surface area contributed by atoms with Crippen LogP contribution in [0.4, 0.5) is 5.69 Å². The maximum atomic E-state index is 12.9. The van der Waals surface area contributed by atoms with E-state index in [1.807, 2.05) is 0 Å². The Morgan fingerprint density at radius 2 is 1.47 bits per heavy atom. The summed E-state index contributed by atoms with van der Waals surface area (Å²) < 4.78 is 65.6. The molecule has 1 aliphatic rings. The van der Waals surface area contributed by atoms with Crippen LogP contribution in [-0.2, 0) is 20.0 Å². The number of anilines is 1. The second kappa shape index (κ2) is 9.23. The van der Waals surface area contributed by atoms with Crippen LogP contribution >= 0.6 is 0 Å². The Kier molecular flexibility index (Phi) is 6.89. The van der Waals surface area contributed by atoms with Crippen molar-refractivity contribution in [2.45, 2.75) is 35.5 Å². The Bertz CT molecular complexity index is 1070. The van der Waals surface area contributed by atoms with E-state index in [1.165, 1.54) is 54.9 Å². The maximum Gasteiger partial charge on any atom is 0.265 e. The predicted octanol–water partition coefficient (Wildman–Crippen LogP) is 3.07. The standard InChI is InChI=1S/C20H26N2O6S2/c1-27-17-9-12-19(28-2)20(15-17)29(23,24)21-16-7-10-18(11-8-16)30(25,26)22-13-5-3-4-6-14-22/h7-12,15,21H,3-6,13-14H2,1-2H3. The zero-order valence-corrected chi connectivity index (χ0v) is 18.6. The Morgan fingerprint density at radius 1 is 0.833 bits per heavy atom. The average molecular weight is 455 g/mol. The number of sulfonamides is 2. The molecule has 10 heteroatoms. The minimum Gasteiger partial charge on any atom is -0.497 e. The summed E-state index contributed by atoms with van der Waals surface area (Å²) in [5.74, 6) is 0.540. The average Bonchev–Trinajstić information content (AvgIpc) is 3.03. The minimum atomic E-state index is -3.98. The van der Waals surface area contributed by atoms with Crippen molar-refractivity contribution in [2.24, 2.45) is 0 Å². The SMILES string of the molecule is COc1ccc(OC)c(S(=O)(=O)Nc2ccc(S(=O)(=O)N3CCCCCC3)cc2)c1. The monoisotopic (exact) mass is 454 g/mol. The number of nitrogens with one attached hydrogen (secondary N) is 1. The van der Waals surface area contributed by atoms with Gasteiger partial charge in [-0.2, -0.15) is 4.31 Å². The van der Waals surface area contributed by atoms with Crippen molar-refractivity contribution in [1.82, 2.24) is 4.31 Å². The highest BCUT2D eigenvalue weighted by Gasteiger charge is 2.26. The molecule has 1 fully saturated rings. The third-order valence-corrected chi connectivity index (χ3v) is 8.29. The third-order valence-electron chi connectivity index (χ3n) is 4.97. The number of hydrogen-bond donors (Lipinski definition) is 1. The van der Waals surface area contributed by atoms with Gasteiger partial charge in [0.25, 0.3) is 10.0 Å². The van der Waals surface area contributed by atoms with Gasteiger partial charge in [-0.1, -0.05) is 12.8 Å². The van der Waals surface area contributed by atoms with Crippen molar-refractivity contribution < 1.29 is 26.3 Å². The highest BCUT2D eigenvalue weighted by Crippen LogP contribution is 2.30. The van der Waals surface area contributed by atoms with E-state index in [0.717, 1.165) is 25.7 Å². The van der Waals surface area contributed by atoms with Crippen LogP contribution in [0.1, 0.15) is 25.7 Å². The van der Waals surface area contributed by atoms with Gasteiger partial charge in [0.15, 0.2) is 0 Å². The highest BCUT2D eigenvalue weighted by atomic mass is 32.2. The molecule has 8 nitrogen and oxygen atoms in total. The van der Waals surface area contributed by atoms with Crippen LogP contribution in [0, 0.1) is 0 Å². The summed E-state index contributed by atoms with van der Waals surface area (Å²) in [6, 6.07) is 10.2. The largest absolute Gasteiger partial charge is 0.497 e. The van der Waals surface area contributed by atoms with Crippen LogP contribution in [0.15, 0.2) is 52.3 Å². The molecule has 1 N–H and O–H groups in total. The van der Waals surface area contributed by atoms with Crippen LogP contribution in [-0.4, -0.2) is 48.4 Å². The summed E-state index contributed by atoms with van der Waals surface area (Å²) in [4.78, 5) is 0.0666. The first-order chi connectivity index (χ1) is 14.3. The Hall–Kier alpha value is -2.30. The summed E-state index contributed by atoms with van der Waals surface area (Å²) in [5, 5.41) is 0.